The average molecular weight is 464 g/mol. The summed E-state index contributed by atoms with van der Waals surface area (Å²) in [6, 6.07) is 18.4. The van der Waals surface area contributed by atoms with Gasteiger partial charge in [-0.25, -0.2) is 8.42 Å². The SMILES string of the molecule is Cc1ccc(C)c(S(=O)(=O)Nc2ccc(C(=O)Nc3cccc(NC(=O)C4CC4)c3)cc2)c1. The number of carbonyl (C=O) groups excluding carboxylic acids is 2. The molecule has 1 saturated carbocycles. The zero-order valence-corrected chi connectivity index (χ0v) is 19.2. The van der Waals surface area contributed by atoms with E-state index in [1.807, 2.05) is 13.0 Å². The van der Waals surface area contributed by atoms with Crippen LogP contribution in [0.2, 0.25) is 0 Å². The number of carbonyl (C=O) groups is 2. The minimum atomic E-state index is -3.75. The summed E-state index contributed by atoms with van der Waals surface area (Å²) in [4.78, 5) is 24.8. The molecule has 7 nitrogen and oxygen atoms in total. The molecule has 1 fully saturated rings. The van der Waals surface area contributed by atoms with E-state index in [0.717, 1.165) is 18.4 Å². The van der Waals surface area contributed by atoms with Gasteiger partial charge in [-0.3, -0.25) is 14.3 Å². The van der Waals surface area contributed by atoms with Crippen LogP contribution in [0, 0.1) is 19.8 Å². The minimum absolute atomic E-state index is 0.00243. The Balaban J connectivity index is 1.42. The van der Waals surface area contributed by atoms with Crippen molar-refractivity contribution in [3.63, 3.8) is 0 Å². The summed E-state index contributed by atoms with van der Waals surface area (Å²) in [6.45, 7) is 3.58. The largest absolute Gasteiger partial charge is 0.326 e. The fourth-order valence-electron chi connectivity index (χ4n) is 3.36. The molecule has 1 aliphatic carbocycles. The first-order valence-corrected chi connectivity index (χ1v) is 12.1. The fourth-order valence-corrected chi connectivity index (χ4v) is 4.75. The third kappa shape index (κ3) is 5.59. The van der Waals surface area contributed by atoms with Gasteiger partial charge in [-0.05, 0) is 86.3 Å². The number of benzene rings is 3. The second kappa shape index (κ2) is 9.07. The van der Waals surface area contributed by atoms with Gasteiger partial charge in [0.15, 0.2) is 0 Å². The molecular formula is C25H25N3O4S. The summed E-state index contributed by atoms with van der Waals surface area (Å²) in [5.41, 5.74) is 3.41. The lowest BCUT2D eigenvalue weighted by Gasteiger charge is -2.12. The number of hydrogen-bond donors (Lipinski definition) is 3. The Hall–Kier alpha value is -3.65. The van der Waals surface area contributed by atoms with Crippen LogP contribution >= 0.6 is 0 Å². The number of aryl methyl sites for hydroxylation is 2. The average Bonchev–Trinajstić information content (AvgIpc) is 3.61. The Labute approximate surface area is 193 Å². The van der Waals surface area contributed by atoms with Crippen LogP contribution in [0.5, 0.6) is 0 Å². The maximum Gasteiger partial charge on any atom is 0.262 e. The molecule has 0 heterocycles. The van der Waals surface area contributed by atoms with E-state index in [9.17, 15) is 18.0 Å². The summed E-state index contributed by atoms with van der Waals surface area (Å²) in [5, 5.41) is 5.65. The predicted molar refractivity (Wildman–Crippen MR) is 129 cm³/mol. The van der Waals surface area contributed by atoms with E-state index in [1.165, 1.54) is 0 Å². The summed E-state index contributed by atoms with van der Waals surface area (Å²) in [7, 11) is -3.75. The lowest BCUT2D eigenvalue weighted by Crippen LogP contribution is -2.16. The Morgan fingerprint density at radius 1 is 0.818 bits per heavy atom. The second-order valence-electron chi connectivity index (χ2n) is 8.25. The highest BCUT2D eigenvalue weighted by molar-refractivity contribution is 7.92. The number of nitrogens with one attached hydrogen (secondary N) is 3. The van der Waals surface area contributed by atoms with Crippen LogP contribution in [0.1, 0.15) is 34.3 Å². The standard InChI is InChI=1S/C25H25N3O4S/c1-16-6-7-17(2)23(14-16)33(31,32)28-20-12-10-19(11-13-20)25(30)27-22-5-3-4-21(15-22)26-24(29)18-8-9-18/h3-7,10-15,18,28H,8-9H2,1-2H3,(H,26,29)(H,27,30). The van der Waals surface area contributed by atoms with Gasteiger partial charge in [0.2, 0.25) is 5.91 Å². The summed E-state index contributed by atoms with van der Waals surface area (Å²) < 4.78 is 28.1. The quantitative estimate of drug-likeness (QED) is 0.472. The van der Waals surface area contributed by atoms with Gasteiger partial charge in [0.1, 0.15) is 0 Å². The Kier molecular flexibility index (Phi) is 6.20. The highest BCUT2D eigenvalue weighted by atomic mass is 32.2. The Bertz CT molecular complexity index is 1310. The summed E-state index contributed by atoms with van der Waals surface area (Å²) >= 11 is 0. The maximum atomic E-state index is 12.8. The maximum absolute atomic E-state index is 12.8. The van der Waals surface area contributed by atoms with Crippen molar-refractivity contribution in [2.24, 2.45) is 5.92 Å². The number of rotatable bonds is 7. The molecule has 0 aliphatic heterocycles. The minimum Gasteiger partial charge on any atom is -0.326 e. The number of hydrogen-bond acceptors (Lipinski definition) is 4. The molecule has 170 valence electrons. The van der Waals surface area contributed by atoms with Crippen molar-refractivity contribution < 1.29 is 18.0 Å². The van der Waals surface area contributed by atoms with Gasteiger partial charge >= 0.3 is 0 Å². The summed E-state index contributed by atoms with van der Waals surface area (Å²) in [5.74, 6) is -0.254. The van der Waals surface area contributed by atoms with Crippen molar-refractivity contribution in [3.8, 4) is 0 Å². The lowest BCUT2D eigenvalue weighted by atomic mass is 10.2. The molecule has 0 aromatic heterocycles. The normalized spacial score (nSPS) is 13.3. The third-order valence-corrected chi connectivity index (χ3v) is 6.89. The van der Waals surface area contributed by atoms with Gasteiger partial charge in [0.25, 0.3) is 15.9 Å². The topological polar surface area (TPSA) is 104 Å². The van der Waals surface area contributed by atoms with Gasteiger partial charge in [0, 0.05) is 28.5 Å². The lowest BCUT2D eigenvalue weighted by molar-refractivity contribution is -0.117. The van der Waals surface area contributed by atoms with Crippen molar-refractivity contribution in [2.75, 3.05) is 15.4 Å². The molecule has 0 unspecified atom stereocenters. The first-order chi connectivity index (χ1) is 15.7. The van der Waals surface area contributed by atoms with E-state index in [0.29, 0.717) is 28.2 Å². The van der Waals surface area contributed by atoms with E-state index in [1.54, 1.807) is 67.6 Å². The van der Waals surface area contributed by atoms with Crippen LogP contribution in [0.25, 0.3) is 0 Å². The van der Waals surface area contributed by atoms with Crippen LogP contribution in [0.15, 0.2) is 71.6 Å². The first kappa shape index (κ1) is 22.5. The number of amides is 2. The molecule has 0 atom stereocenters. The molecule has 1 aliphatic rings. The molecule has 2 amide bonds. The highest BCUT2D eigenvalue weighted by Gasteiger charge is 2.29. The molecule has 0 saturated heterocycles. The van der Waals surface area contributed by atoms with Crippen molar-refractivity contribution in [3.05, 3.63) is 83.4 Å². The van der Waals surface area contributed by atoms with Crippen molar-refractivity contribution in [1.82, 2.24) is 0 Å². The zero-order chi connectivity index (χ0) is 23.6. The molecule has 3 aromatic rings. The van der Waals surface area contributed by atoms with E-state index < -0.39 is 10.0 Å². The van der Waals surface area contributed by atoms with Crippen LogP contribution in [0.4, 0.5) is 17.1 Å². The van der Waals surface area contributed by atoms with Crippen LogP contribution in [-0.4, -0.2) is 20.2 Å². The molecule has 0 bridgehead atoms. The van der Waals surface area contributed by atoms with E-state index in [2.05, 4.69) is 15.4 Å². The van der Waals surface area contributed by atoms with E-state index >= 15 is 0 Å². The number of sulfonamides is 1. The van der Waals surface area contributed by atoms with Crippen molar-refractivity contribution in [2.45, 2.75) is 31.6 Å². The predicted octanol–water partition coefficient (Wildman–Crippen LogP) is 4.71. The monoisotopic (exact) mass is 463 g/mol. The third-order valence-electron chi connectivity index (χ3n) is 5.37. The Morgan fingerprint density at radius 2 is 1.48 bits per heavy atom. The molecule has 0 radical (unpaired) electrons. The van der Waals surface area contributed by atoms with Crippen LogP contribution in [-0.2, 0) is 14.8 Å². The smallest absolute Gasteiger partial charge is 0.262 e. The highest BCUT2D eigenvalue weighted by Crippen LogP contribution is 2.30. The molecule has 8 heteroatoms. The number of anilines is 3. The van der Waals surface area contributed by atoms with Crippen molar-refractivity contribution in [1.29, 1.82) is 0 Å². The van der Waals surface area contributed by atoms with Gasteiger partial charge in [-0.1, -0.05) is 18.2 Å². The molecule has 3 aromatic carbocycles. The van der Waals surface area contributed by atoms with Gasteiger partial charge in [-0.2, -0.15) is 0 Å². The zero-order valence-electron chi connectivity index (χ0n) is 18.4. The van der Waals surface area contributed by atoms with E-state index in [4.69, 9.17) is 0 Å². The fraction of sp³-hybridized carbons (Fsp3) is 0.200. The summed E-state index contributed by atoms with van der Waals surface area (Å²) in [6.07, 6.45) is 1.83. The first-order valence-electron chi connectivity index (χ1n) is 10.6. The Morgan fingerprint density at radius 3 is 2.15 bits per heavy atom. The molecule has 3 N–H and O–H groups in total. The second-order valence-corrected chi connectivity index (χ2v) is 9.90. The molecule has 0 spiro atoms. The van der Waals surface area contributed by atoms with Crippen molar-refractivity contribution >= 4 is 38.9 Å². The van der Waals surface area contributed by atoms with Crippen LogP contribution in [0.3, 0.4) is 0 Å². The molecular weight excluding hydrogens is 438 g/mol. The van der Waals surface area contributed by atoms with E-state index in [-0.39, 0.29) is 22.6 Å². The molecule has 33 heavy (non-hydrogen) atoms. The van der Waals surface area contributed by atoms with Crippen LogP contribution < -0.4 is 15.4 Å². The van der Waals surface area contributed by atoms with Gasteiger partial charge in [0.05, 0.1) is 4.90 Å². The molecule has 4 rings (SSSR count). The van der Waals surface area contributed by atoms with Gasteiger partial charge in [-0.15, -0.1) is 0 Å². The van der Waals surface area contributed by atoms with Gasteiger partial charge < -0.3 is 10.6 Å².